The maximum absolute atomic E-state index is 10.0. The summed E-state index contributed by atoms with van der Waals surface area (Å²) in [5.74, 6) is 1.20. The van der Waals surface area contributed by atoms with Gasteiger partial charge < -0.3 is 14.9 Å². The Hall–Kier alpha value is -2.26. The first kappa shape index (κ1) is 13.7. The van der Waals surface area contributed by atoms with Gasteiger partial charge in [-0.1, -0.05) is 36.4 Å². The van der Waals surface area contributed by atoms with Crippen molar-refractivity contribution in [1.82, 2.24) is 0 Å². The third kappa shape index (κ3) is 2.93. The average molecular weight is 282 g/mol. The van der Waals surface area contributed by atoms with E-state index >= 15 is 0 Å². The van der Waals surface area contributed by atoms with Crippen molar-refractivity contribution in [2.75, 3.05) is 6.61 Å². The zero-order valence-corrected chi connectivity index (χ0v) is 11.7. The molecule has 0 aromatic heterocycles. The van der Waals surface area contributed by atoms with Crippen molar-refractivity contribution >= 4 is 6.08 Å². The second-order valence-corrected chi connectivity index (χ2v) is 5.15. The second-order valence-electron chi connectivity index (χ2n) is 5.15. The normalized spacial score (nSPS) is 13.4. The molecule has 21 heavy (non-hydrogen) atoms. The summed E-state index contributed by atoms with van der Waals surface area (Å²) in [7, 11) is 0. The fraction of sp³-hybridized carbons (Fsp3) is 0.222. The molecule has 1 heterocycles. The predicted octanol–water partition coefficient (Wildman–Crippen LogP) is 3.08. The molecule has 108 valence electrons. The van der Waals surface area contributed by atoms with E-state index in [1.807, 2.05) is 42.5 Å². The summed E-state index contributed by atoms with van der Waals surface area (Å²) < 4.78 is 5.53. The summed E-state index contributed by atoms with van der Waals surface area (Å²) in [6.45, 7) is 0.719. The number of aliphatic hydroxyl groups is 1. The zero-order valence-electron chi connectivity index (χ0n) is 11.7. The Labute approximate surface area is 124 Å². The van der Waals surface area contributed by atoms with Crippen molar-refractivity contribution in [3.8, 4) is 11.5 Å². The first-order valence-corrected chi connectivity index (χ1v) is 7.11. The van der Waals surface area contributed by atoms with Gasteiger partial charge in [0.2, 0.25) is 0 Å². The van der Waals surface area contributed by atoms with Crippen molar-refractivity contribution < 1.29 is 14.9 Å². The minimum absolute atomic E-state index is 0.0262. The van der Waals surface area contributed by atoms with Gasteiger partial charge in [0.05, 0.1) is 13.2 Å². The molecular weight excluding hydrogens is 264 g/mol. The van der Waals surface area contributed by atoms with Gasteiger partial charge in [0.25, 0.3) is 0 Å². The van der Waals surface area contributed by atoms with Crippen molar-refractivity contribution in [2.45, 2.75) is 19.4 Å². The molecule has 0 radical (unpaired) electrons. The smallest absolute Gasteiger partial charge is 0.123 e. The lowest BCUT2D eigenvalue weighted by Gasteiger charge is -2.06. The van der Waals surface area contributed by atoms with Gasteiger partial charge in [-0.05, 0) is 29.7 Å². The third-order valence-corrected chi connectivity index (χ3v) is 3.75. The van der Waals surface area contributed by atoms with Crippen LogP contribution in [0, 0.1) is 0 Å². The molecule has 0 amide bonds. The molecule has 0 atom stereocenters. The van der Waals surface area contributed by atoms with Crippen LogP contribution in [0.15, 0.2) is 42.5 Å². The number of allylic oxidation sites excluding steroid dienone is 1. The van der Waals surface area contributed by atoms with Crippen LogP contribution < -0.4 is 4.74 Å². The number of aromatic hydroxyl groups is 1. The summed E-state index contributed by atoms with van der Waals surface area (Å²) >= 11 is 0. The molecule has 3 heteroatoms. The number of ether oxygens (including phenoxy) is 1. The van der Waals surface area contributed by atoms with Gasteiger partial charge in [0.15, 0.2) is 0 Å². The van der Waals surface area contributed by atoms with Crippen molar-refractivity contribution in [3.05, 3.63) is 64.7 Å². The van der Waals surface area contributed by atoms with Crippen molar-refractivity contribution in [3.63, 3.8) is 0 Å². The van der Waals surface area contributed by atoms with Crippen LogP contribution in [0.4, 0.5) is 0 Å². The number of fused-ring (bicyclic) bond motifs is 1. The van der Waals surface area contributed by atoms with E-state index in [2.05, 4.69) is 0 Å². The van der Waals surface area contributed by atoms with Crippen LogP contribution in [-0.4, -0.2) is 16.8 Å². The Kier molecular flexibility index (Phi) is 3.93. The van der Waals surface area contributed by atoms with Crippen LogP contribution in [-0.2, 0) is 19.4 Å². The van der Waals surface area contributed by atoms with Gasteiger partial charge in [-0.2, -0.15) is 0 Å². The van der Waals surface area contributed by atoms with Crippen LogP contribution in [0.2, 0.25) is 0 Å². The molecule has 0 aliphatic carbocycles. The zero-order chi connectivity index (χ0) is 14.7. The molecule has 0 fully saturated rings. The summed E-state index contributed by atoms with van der Waals surface area (Å²) in [6.07, 6.45) is 5.45. The number of aliphatic hydroxyl groups excluding tert-OH is 1. The molecule has 1 aliphatic rings. The highest BCUT2D eigenvalue weighted by Gasteiger charge is 2.14. The molecule has 0 spiro atoms. The summed E-state index contributed by atoms with van der Waals surface area (Å²) in [6, 6.07) is 11.4. The minimum atomic E-state index is 0.0262. The molecule has 2 N–H and O–H groups in total. The van der Waals surface area contributed by atoms with Crippen LogP contribution in [0.1, 0.15) is 22.3 Å². The quantitative estimate of drug-likeness (QED) is 0.906. The minimum Gasteiger partial charge on any atom is -0.508 e. The first-order chi connectivity index (χ1) is 10.3. The van der Waals surface area contributed by atoms with Gasteiger partial charge in [-0.25, -0.2) is 0 Å². The maximum Gasteiger partial charge on any atom is 0.123 e. The molecule has 3 nitrogen and oxygen atoms in total. The topological polar surface area (TPSA) is 49.7 Å². The number of hydrogen-bond donors (Lipinski definition) is 2. The first-order valence-electron chi connectivity index (χ1n) is 7.11. The van der Waals surface area contributed by atoms with Gasteiger partial charge in [0, 0.05) is 17.5 Å². The van der Waals surface area contributed by atoms with E-state index in [9.17, 15) is 10.2 Å². The summed E-state index contributed by atoms with van der Waals surface area (Å²) in [5, 5.41) is 19.3. The van der Waals surface area contributed by atoms with Gasteiger partial charge in [-0.15, -0.1) is 0 Å². The Morgan fingerprint density at radius 1 is 1.14 bits per heavy atom. The average Bonchev–Trinajstić information content (AvgIpc) is 2.95. The Morgan fingerprint density at radius 2 is 2.00 bits per heavy atom. The summed E-state index contributed by atoms with van der Waals surface area (Å²) in [4.78, 5) is 0. The Morgan fingerprint density at radius 3 is 2.86 bits per heavy atom. The Bertz CT molecular complexity index is 674. The van der Waals surface area contributed by atoms with E-state index in [0.29, 0.717) is 18.8 Å². The molecule has 0 unspecified atom stereocenters. The van der Waals surface area contributed by atoms with Crippen molar-refractivity contribution in [2.24, 2.45) is 0 Å². The molecule has 1 aliphatic heterocycles. The van der Waals surface area contributed by atoms with E-state index in [1.165, 1.54) is 0 Å². The molecule has 0 saturated carbocycles. The van der Waals surface area contributed by atoms with Crippen LogP contribution in [0.25, 0.3) is 6.08 Å². The Balaban J connectivity index is 1.77. The fourth-order valence-corrected chi connectivity index (χ4v) is 2.57. The maximum atomic E-state index is 10.0. The van der Waals surface area contributed by atoms with E-state index in [1.54, 1.807) is 6.07 Å². The number of hydrogen-bond acceptors (Lipinski definition) is 3. The molecule has 2 aromatic rings. The standard InChI is InChI=1S/C18H18O3/c19-12-16-5-2-1-4-13(16)6-3-7-14-11-18-15(8-9-21-18)10-17(14)20/h1-6,10-11,19-20H,7-9,12H2/b6-3+. The lowest BCUT2D eigenvalue weighted by atomic mass is 10.0. The number of rotatable bonds is 4. The van der Waals surface area contributed by atoms with Crippen LogP contribution in [0.5, 0.6) is 11.5 Å². The van der Waals surface area contributed by atoms with Crippen LogP contribution in [0.3, 0.4) is 0 Å². The lowest BCUT2D eigenvalue weighted by Crippen LogP contribution is -1.89. The van der Waals surface area contributed by atoms with Crippen molar-refractivity contribution in [1.29, 1.82) is 0 Å². The van der Waals surface area contributed by atoms with E-state index in [4.69, 9.17) is 4.74 Å². The monoisotopic (exact) mass is 282 g/mol. The number of phenolic OH excluding ortho intramolecular Hbond substituents is 1. The molecule has 2 aromatic carbocycles. The largest absolute Gasteiger partial charge is 0.508 e. The molecule has 0 saturated heterocycles. The van der Waals surface area contributed by atoms with E-state index in [-0.39, 0.29) is 6.61 Å². The summed E-state index contributed by atoms with van der Waals surface area (Å²) in [5.41, 5.74) is 3.83. The number of phenols is 1. The highest BCUT2D eigenvalue weighted by atomic mass is 16.5. The number of benzene rings is 2. The fourth-order valence-electron chi connectivity index (χ4n) is 2.57. The second kappa shape index (κ2) is 6.02. The SMILES string of the molecule is OCc1ccccc1/C=C/Cc1cc2c(cc1O)CCO2. The molecular formula is C18H18O3. The van der Waals surface area contributed by atoms with Crippen LogP contribution >= 0.6 is 0 Å². The van der Waals surface area contributed by atoms with E-state index < -0.39 is 0 Å². The van der Waals surface area contributed by atoms with E-state index in [0.717, 1.165) is 34.4 Å². The van der Waals surface area contributed by atoms with Gasteiger partial charge in [-0.3, -0.25) is 0 Å². The predicted molar refractivity (Wildman–Crippen MR) is 82.4 cm³/mol. The van der Waals surface area contributed by atoms with Gasteiger partial charge in [0.1, 0.15) is 11.5 Å². The highest BCUT2D eigenvalue weighted by molar-refractivity contribution is 5.55. The van der Waals surface area contributed by atoms with Gasteiger partial charge >= 0.3 is 0 Å². The molecule has 3 rings (SSSR count). The lowest BCUT2D eigenvalue weighted by molar-refractivity contribution is 0.281. The third-order valence-electron chi connectivity index (χ3n) is 3.75. The molecule has 0 bridgehead atoms. The highest BCUT2D eigenvalue weighted by Crippen LogP contribution is 2.32.